The number of rotatable bonds is 6. The van der Waals surface area contributed by atoms with Gasteiger partial charge in [-0.25, -0.2) is 0 Å². The molecule has 0 heterocycles. The van der Waals surface area contributed by atoms with Gasteiger partial charge in [-0.3, -0.25) is 0 Å². The van der Waals surface area contributed by atoms with E-state index in [0.29, 0.717) is 6.61 Å². The van der Waals surface area contributed by atoms with Gasteiger partial charge in [0.25, 0.3) is 0 Å². The highest BCUT2D eigenvalue weighted by atomic mass is 35.5. The van der Waals surface area contributed by atoms with Gasteiger partial charge >= 0.3 is 0 Å². The van der Waals surface area contributed by atoms with Crippen molar-refractivity contribution in [2.24, 2.45) is 0 Å². The van der Waals surface area contributed by atoms with Gasteiger partial charge < -0.3 is 10.1 Å². The molecule has 112 valence electrons. The van der Waals surface area contributed by atoms with E-state index in [0.717, 1.165) is 22.9 Å². The van der Waals surface area contributed by atoms with E-state index in [1.807, 2.05) is 25.1 Å². The van der Waals surface area contributed by atoms with E-state index >= 15 is 0 Å². The van der Waals surface area contributed by atoms with Gasteiger partial charge in [0.2, 0.25) is 0 Å². The van der Waals surface area contributed by atoms with Gasteiger partial charge in [-0.2, -0.15) is 0 Å². The Morgan fingerprint density at radius 2 is 1.71 bits per heavy atom. The van der Waals surface area contributed by atoms with E-state index in [-0.39, 0.29) is 6.04 Å². The van der Waals surface area contributed by atoms with Crippen LogP contribution in [0.3, 0.4) is 0 Å². The monoisotopic (exact) mass is 303 g/mol. The molecule has 0 amide bonds. The van der Waals surface area contributed by atoms with Crippen molar-refractivity contribution < 1.29 is 4.74 Å². The Hall–Kier alpha value is -1.51. The standard InChI is InChI=1S/C18H22ClNO/c1-13-5-8-17(9-6-13)21-12-15(3)20-11-16-7-4-14(2)10-18(16)19/h4-10,15,20H,11-12H2,1-3H3. The summed E-state index contributed by atoms with van der Waals surface area (Å²) in [5.41, 5.74) is 3.53. The van der Waals surface area contributed by atoms with Crippen molar-refractivity contribution in [3.8, 4) is 5.75 Å². The van der Waals surface area contributed by atoms with Crippen LogP contribution in [0.25, 0.3) is 0 Å². The molecule has 0 aliphatic rings. The fraction of sp³-hybridized carbons (Fsp3) is 0.333. The van der Waals surface area contributed by atoms with Crippen LogP contribution < -0.4 is 10.1 Å². The lowest BCUT2D eigenvalue weighted by Crippen LogP contribution is -2.31. The van der Waals surface area contributed by atoms with E-state index in [1.165, 1.54) is 11.1 Å². The van der Waals surface area contributed by atoms with Crippen LogP contribution in [-0.2, 0) is 6.54 Å². The van der Waals surface area contributed by atoms with Gasteiger partial charge in [-0.15, -0.1) is 0 Å². The molecule has 1 N–H and O–H groups in total. The van der Waals surface area contributed by atoms with Crippen LogP contribution >= 0.6 is 11.6 Å². The summed E-state index contributed by atoms with van der Waals surface area (Å²) in [6.07, 6.45) is 0. The Morgan fingerprint density at radius 3 is 2.38 bits per heavy atom. The van der Waals surface area contributed by atoms with Crippen molar-refractivity contribution in [1.82, 2.24) is 5.32 Å². The summed E-state index contributed by atoms with van der Waals surface area (Å²) in [5, 5.41) is 4.25. The van der Waals surface area contributed by atoms with E-state index < -0.39 is 0 Å². The van der Waals surface area contributed by atoms with E-state index in [9.17, 15) is 0 Å². The van der Waals surface area contributed by atoms with Crippen LogP contribution in [0.4, 0.5) is 0 Å². The van der Waals surface area contributed by atoms with Crippen molar-refractivity contribution in [2.75, 3.05) is 6.61 Å². The van der Waals surface area contributed by atoms with Gasteiger partial charge in [0, 0.05) is 17.6 Å². The number of ether oxygens (including phenoxy) is 1. The summed E-state index contributed by atoms with van der Waals surface area (Å²) >= 11 is 6.23. The molecule has 21 heavy (non-hydrogen) atoms. The molecule has 0 saturated carbocycles. The maximum Gasteiger partial charge on any atom is 0.119 e. The molecule has 1 unspecified atom stereocenters. The quantitative estimate of drug-likeness (QED) is 0.847. The fourth-order valence-corrected chi connectivity index (χ4v) is 2.30. The first-order valence-corrected chi connectivity index (χ1v) is 7.60. The van der Waals surface area contributed by atoms with Gasteiger partial charge in [-0.05, 0) is 50.1 Å². The third kappa shape index (κ3) is 5.07. The molecule has 0 aliphatic heterocycles. The summed E-state index contributed by atoms with van der Waals surface area (Å²) in [4.78, 5) is 0. The van der Waals surface area contributed by atoms with Gasteiger partial charge in [0.05, 0.1) is 0 Å². The number of benzene rings is 2. The number of halogens is 1. The number of aryl methyl sites for hydroxylation is 2. The fourth-order valence-electron chi connectivity index (χ4n) is 1.99. The molecular weight excluding hydrogens is 282 g/mol. The second-order valence-corrected chi connectivity index (χ2v) is 5.91. The predicted molar refractivity (Wildman–Crippen MR) is 89.2 cm³/mol. The zero-order chi connectivity index (χ0) is 15.2. The third-order valence-electron chi connectivity index (χ3n) is 3.37. The molecule has 0 spiro atoms. The van der Waals surface area contributed by atoms with Crippen LogP contribution in [0.1, 0.15) is 23.6 Å². The highest BCUT2D eigenvalue weighted by Crippen LogP contribution is 2.17. The summed E-state index contributed by atoms with van der Waals surface area (Å²) in [7, 11) is 0. The van der Waals surface area contributed by atoms with Crippen molar-refractivity contribution in [3.05, 3.63) is 64.2 Å². The van der Waals surface area contributed by atoms with E-state index in [2.05, 4.69) is 43.4 Å². The molecular formula is C18H22ClNO. The van der Waals surface area contributed by atoms with Crippen LogP contribution in [-0.4, -0.2) is 12.6 Å². The van der Waals surface area contributed by atoms with Crippen LogP contribution in [0.5, 0.6) is 5.75 Å². The Balaban J connectivity index is 1.79. The van der Waals surface area contributed by atoms with Crippen molar-refractivity contribution >= 4 is 11.6 Å². The second kappa shape index (κ2) is 7.48. The largest absolute Gasteiger partial charge is 0.492 e. The molecule has 1 atom stereocenters. The first-order valence-electron chi connectivity index (χ1n) is 7.22. The Kier molecular flexibility index (Phi) is 5.66. The van der Waals surface area contributed by atoms with Gasteiger partial charge in [-0.1, -0.05) is 41.4 Å². The lowest BCUT2D eigenvalue weighted by molar-refractivity contribution is 0.272. The summed E-state index contributed by atoms with van der Waals surface area (Å²) in [6, 6.07) is 14.5. The average Bonchev–Trinajstić information content (AvgIpc) is 2.46. The number of nitrogens with one attached hydrogen (secondary N) is 1. The maximum absolute atomic E-state index is 6.23. The van der Waals surface area contributed by atoms with E-state index in [1.54, 1.807) is 0 Å². The summed E-state index contributed by atoms with van der Waals surface area (Å²) in [6.45, 7) is 7.60. The lowest BCUT2D eigenvalue weighted by Gasteiger charge is -2.16. The Labute approximate surface area is 132 Å². The van der Waals surface area contributed by atoms with E-state index in [4.69, 9.17) is 16.3 Å². The van der Waals surface area contributed by atoms with Crippen LogP contribution in [0.2, 0.25) is 5.02 Å². The zero-order valence-electron chi connectivity index (χ0n) is 12.8. The Morgan fingerprint density at radius 1 is 1.05 bits per heavy atom. The van der Waals surface area contributed by atoms with Crippen LogP contribution in [0, 0.1) is 13.8 Å². The van der Waals surface area contributed by atoms with Gasteiger partial charge in [0.1, 0.15) is 12.4 Å². The lowest BCUT2D eigenvalue weighted by atomic mass is 10.1. The zero-order valence-corrected chi connectivity index (χ0v) is 13.6. The molecule has 2 nitrogen and oxygen atoms in total. The molecule has 0 aromatic heterocycles. The molecule has 2 aromatic carbocycles. The highest BCUT2D eigenvalue weighted by Gasteiger charge is 2.05. The number of hydrogen-bond acceptors (Lipinski definition) is 2. The normalized spacial score (nSPS) is 12.2. The minimum absolute atomic E-state index is 0.253. The second-order valence-electron chi connectivity index (χ2n) is 5.50. The summed E-state index contributed by atoms with van der Waals surface area (Å²) in [5.74, 6) is 0.905. The first kappa shape index (κ1) is 15.9. The topological polar surface area (TPSA) is 21.3 Å². The minimum Gasteiger partial charge on any atom is -0.492 e. The third-order valence-corrected chi connectivity index (χ3v) is 3.72. The van der Waals surface area contributed by atoms with Crippen molar-refractivity contribution in [1.29, 1.82) is 0 Å². The maximum atomic E-state index is 6.23. The molecule has 0 bridgehead atoms. The molecule has 0 fully saturated rings. The molecule has 0 saturated heterocycles. The Bertz CT molecular complexity index is 580. The number of hydrogen-bond donors (Lipinski definition) is 1. The molecule has 3 heteroatoms. The molecule has 0 aliphatic carbocycles. The average molecular weight is 304 g/mol. The molecule has 0 radical (unpaired) electrons. The SMILES string of the molecule is Cc1ccc(OCC(C)NCc2ccc(C)cc2Cl)cc1. The molecule has 2 aromatic rings. The van der Waals surface area contributed by atoms with Crippen molar-refractivity contribution in [3.63, 3.8) is 0 Å². The predicted octanol–water partition coefficient (Wildman–Crippen LogP) is 4.51. The van der Waals surface area contributed by atoms with Crippen LogP contribution in [0.15, 0.2) is 42.5 Å². The highest BCUT2D eigenvalue weighted by molar-refractivity contribution is 6.31. The van der Waals surface area contributed by atoms with Gasteiger partial charge in [0.15, 0.2) is 0 Å². The first-order chi connectivity index (χ1) is 10.0. The minimum atomic E-state index is 0.253. The summed E-state index contributed by atoms with van der Waals surface area (Å²) < 4.78 is 5.77. The smallest absolute Gasteiger partial charge is 0.119 e. The van der Waals surface area contributed by atoms with Crippen molar-refractivity contribution in [2.45, 2.75) is 33.4 Å². The molecule has 2 rings (SSSR count).